The number of piperidine rings is 1. The van der Waals surface area contributed by atoms with Gasteiger partial charge in [-0.2, -0.15) is 0 Å². The Labute approximate surface area is 153 Å². The zero-order valence-electron chi connectivity index (χ0n) is 16.5. The lowest BCUT2D eigenvalue weighted by Crippen LogP contribution is -2.41. The second kappa shape index (κ2) is 10.00. The Morgan fingerprint density at radius 2 is 1.96 bits per heavy atom. The molecule has 2 unspecified atom stereocenters. The van der Waals surface area contributed by atoms with Gasteiger partial charge >= 0.3 is 5.97 Å². The quantitative estimate of drug-likeness (QED) is 0.449. The third-order valence-corrected chi connectivity index (χ3v) is 5.50. The molecular weight excluding hydrogens is 316 g/mol. The lowest BCUT2D eigenvalue weighted by atomic mass is 9.97. The summed E-state index contributed by atoms with van der Waals surface area (Å²) in [5, 5.41) is 3.40. The van der Waals surface area contributed by atoms with Crippen LogP contribution in [0.15, 0.2) is 4.99 Å². The van der Waals surface area contributed by atoms with Gasteiger partial charge in [-0.05, 0) is 57.7 Å². The highest BCUT2D eigenvalue weighted by Crippen LogP contribution is 2.24. The van der Waals surface area contributed by atoms with Crippen LogP contribution in [0.4, 0.5) is 0 Å². The lowest BCUT2D eigenvalue weighted by molar-refractivity contribution is -0.145. The van der Waals surface area contributed by atoms with Crippen LogP contribution in [0.1, 0.15) is 40.0 Å². The van der Waals surface area contributed by atoms with E-state index in [1.165, 1.54) is 46.0 Å². The Morgan fingerprint density at radius 3 is 2.56 bits per heavy atom. The first-order valence-electron chi connectivity index (χ1n) is 9.92. The molecule has 0 aromatic carbocycles. The number of nitrogens with zero attached hydrogens (tertiary/aromatic N) is 3. The van der Waals surface area contributed by atoms with Crippen LogP contribution in [-0.2, 0) is 9.53 Å². The summed E-state index contributed by atoms with van der Waals surface area (Å²) in [5.74, 6) is 1.78. The summed E-state index contributed by atoms with van der Waals surface area (Å²) < 4.78 is 4.95. The number of ether oxygens (including phenoxy) is 1. The van der Waals surface area contributed by atoms with Gasteiger partial charge in [0.1, 0.15) is 0 Å². The maximum atomic E-state index is 11.9. The molecule has 2 aliphatic heterocycles. The first-order valence-corrected chi connectivity index (χ1v) is 9.92. The Balaban J connectivity index is 1.90. The normalized spacial score (nSPS) is 26.1. The van der Waals surface area contributed by atoms with Gasteiger partial charge in [0, 0.05) is 26.2 Å². The standard InChI is InChI=1S/C19H36N4O2/c1-5-9-22-10-7-16(8-11-22)12-21-19(20-6-2)23-13-15(3)17(14-23)18(24)25-4/h15-17H,5-14H2,1-4H3,(H,20,21). The van der Waals surface area contributed by atoms with Crippen LogP contribution < -0.4 is 5.32 Å². The predicted molar refractivity (Wildman–Crippen MR) is 102 cm³/mol. The Kier molecular flexibility index (Phi) is 8.00. The van der Waals surface area contributed by atoms with E-state index in [9.17, 15) is 4.79 Å². The topological polar surface area (TPSA) is 57.2 Å². The first-order chi connectivity index (χ1) is 12.1. The van der Waals surface area contributed by atoms with Crippen LogP contribution in [-0.4, -0.2) is 74.7 Å². The summed E-state index contributed by atoms with van der Waals surface area (Å²) in [6.07, 6.45) is 3.72. The molecule has 0 saturated carbocycles. The summed E-state index contributed by atoms with van der Waals surface area (Å²) in [7, 11) is 1.47. The van der Waals surface area contributed by atoms with E-state index in [0.717, 1.165) is 25.6 Å². The third-order valence-electron chi connectivity index (χ3n) is 5.50. The molecule has 25 heavy (non-hydrogen) atoms. The van der Waals surface area contributed by atoms with E-state index in [-0.39, 0.29) is 11.9 Å². The van der Waals surface area contributed by atoms with Gasteiger partial charge in [0.05, 0.1) is 13.0 Å². The van der Waals surface area contributed by atoms with Crippen LogP contribution in [0.25, 0.3) is 0 Å². The Bertz CT molecular complexity index is 447. The number of esters is 1. The minimum absolute atomic E-state index is 0.0499. The van der Waals surface area contributed by atoms with Gasteiger partial charge in [0.2, 0.25) is 0 Å². The van der Waals surface area contributed by atoms with Crippen molar-refractivity contribution in [3.8, 4) is 0 Å². The van der Waals surface area contributed by atoms with Gasteiger partial charge in [-0.1, -0.05) is 13.8 Å². The van der Waals surface area contributed by atoms with Gasteiger partial charge in [0.25, 0.3) is 0 Å². The average Bonchev–Trinajstić information content (AvgIpc) is 3.01. The zero-order chi connectivity index (χ0) is 18.2. The van der Waals surface area contributed by atoms with Crippen LogP contribution in [0.3, 0.4) is 0 Å². The number of aliphatic imine (C=N–C) groups is 1. The van der Waals surface area contributed by atoms with E-state index >= 15 is 0 Å². The van der Waals surface area contributed by atoms with Gasteiger partial charge in [-0.25, -0.2) is 0 Å². The maximum absolute atomic E-state index is 11.9. The smallest absolute Gasteiger partial charge is 0.310 e. The molecule has 6 nitrogen and oxygen atoms in total. The Hall–Kier alpha value is -1.30. The van der Waals surface area contributed by atoms with Crippen LogP contribution in [0, 0.1) is 17.8 Å². The fourth-order valence-electron chi connectivity index (χ4n) is 3.95. The minimum atomic E-state index is -0.103. The molecule has 2 rings (SSSR count). The molecule has 0 amide bonds. The molecule has 0 aliphatic carbocycles. The highest BCUT2D eigenvalue weighted by Gasteiger charge is 2.37. The number of guanidine groups is 1. The fraction of sp³-hybridized carbons (Fsp3) is 0.895. The summed E-state index contributed by atoms with van der Waals surface area (Å²) >= 11 is 0. The van der Waals surface area contributed by atoms with Crippen molar-refractivity contribution < 1.29 is 9.53 Å². The fourth-order valence-corrected chi connectivity index (χ4v) is 3.95. The average molecular weight is 353 g/mol. The second-order valence-electron chi connectivity index (χ2n) is 7.49. The number of carbonyl (C=O) groups is 1. The predicted octanol–water partition coefficient (Wildman–Crippen LogP) is 1.81. The van der Waals surface area contributed by atoms with Crippen molar-refractivity contribution in [2.24, 2.45) is 22.7 Å². The van der Waals surface area contributed by atoms with Crippen molar-refractivity contribution in [1.82, 2.24) is 15.1 Å². The SMILES string of the molecule is CCCN1CCC(CN=C(NCC)N2CC(C)C(C(=O)OC)C2)CC1. The van der Waals surface area contributed by atoms with E-state index < -0.39 is 0 Å². The van der Waals surface area contributed by atoms with Crippen molar-refractivity contribution in [3.63, 3.8) is 0 Å². The Morgan fingerprint density at radius 1 is 1.24 bits per heavy atom. The van der Waals surface area contributed by atoms with Crippen LogP contribution >= 0.6 is 0 Å². The van der Waals surface area contributed by atoms with Gasteiger partial charge in [-0.15, -0.1) is 0 Å². The number of nitrogens with one attached hydrogen (secondary N) is 1. The van der Waals surface area contributed by atoms with E-state index in [0.29, 0.717) is 18.4 Å². The highest BCUT2D eigenvalue weighted by molar-refractivity contribution is 5.82. The molecule has 144 valence electrons. The molecule has 0 aromatic heterocycles. The largest absolute Gasteiger partial charge is 0.469 e. The summed E-state index contributed by atoms with van der Waals surface area (Å²) in [6.45, 7) is 13.4. The van der Waals surface area contributed by atoms with Gasteiger partial charge in [-0.3, -0.25) is 9.79 Å². The van der Waals surface area contributed by atoms with E-state index in [4.69, 9.17) is 9.73 Å². The second-order valence-corrected chi connectivity index (χ2v) is 7.49. The molecular formula is C19H36N4O2. The maximum Gasteiger partial charge on any atom is 0.310 e. The molecule has 2 atom stereocenters. The first kappa shape index (κ1) is 20.0. The third kappa shape index (κ3) is 5.59. The minimum Gasteiger partial charge on any atom is -0.469 e. The number of likely N-dealkylation sites (tertiary alicyclic amines) is 2. The number of methoxy groups -OCH3 is 1. The molecule has 0 spiro atoms. The van der Waals surface area contributed by atoms with Crippen LogP contribution in [0.2, 0.25) is 0 Å². The summed E-state index contributed by atoms with van der Waals surface area (Å²) in [4.78, 5) is 21.6. The highest BCUT2D eigenvalue weighted by atomic mass is 16.5. The molecule has 1 N–H and O–H groups in total. The monoisotopic (exact) mass is 352 g/mol. The van der Waals surface area contributed by atoms with E-state index in [2.05, 4.69) is 35.9 Å². The molecule has 0 aromatic rings. The van der Waals surface area contributed by atoms with Crippen molar-refractivity contribution in [1.29, 1.82) is 0 Å². The van der Waals surface area contributed by atoms with Crippen molar-refractivity contribution in [2.45, 2.75) is 40.0 Å². The molecule has 2 fully saturated rings. The van der Waals surface area contributed by atoms with Gasteiger partial charge < -0.3 is 19.9 Å². The van der Waals surface area contributed by atoms with Crippen LogP contribution in [0.5, 0.6) is 0 Å². The summed E-state index contributed by atoms with van der Waals surface area (Å²) in [5.41, 5.74) is 0. The van der Waals surface area contributed by atoms with Crippen molar-refractivity contribution in [2.75, 3.05) is 52.9 Å². The molecule has 0 radical (unpaired) electrons. The summed E-state index contributed by atoms with van der Waals surface area (Å²) in [6, 6.07) is 0. The lowest BCUT2D eigenvalue weighted by Gasteiger charge is -2.31. The van der Waals surface area contributed by atoms with E-state index in [1.54, 1.807) is 0 Å². The van der Waals surface area contributed by atoms with E-state index in [1.807, 2.05) is 0 Å². The molecule has 2 saturated heterocycles. The number of rotatable bonds is 6. The number of hydrogen-bond acceptors (Lipinski definition) is 4. The molecule has 0 bridgehead atoms. The van der Waals surface area contributed by atoms with Crippen molar-refractivity contribution >= 4 is 11.9 Å². The number of carbonyl (C=O) groups excluding carboxylic acids is 1. The molecule has 2 heterocycles. The molecule has 6 heteroatoms. The van der Waals surface area contributed by atoms with Crippen molar-refractivity contribution in [3.05, 3.63) is 0 Å². The molecule has 2 aliphatic rings. The van der Waals surface area contributed by atoms with Gasteiger partial charge in [0.15, 0.2) is 5.96 Å². The number of hydrogen-bond donors (Lipinski definition) is 1. The zero-order valence-corrected chi connectivity index (χ0v) is 16.5.